The van der Waals surface area contributed by atoms with Gasteiger partial charge in [0, 0.05) is 65.9 Å². The lowest BCUT2D eigenvalue weighted by Crippen LogP contribution is -2.02. The molecule has 13 rings (SSSR count). The van der Waals surface area contributed by atoms with Crippen LogP contribution in [0.4, 0.5) is 0 Å². The molecule has 2 aliphatic heterocycles. The summed E-state index contributed by atoms with van der Waals surface area (Å²) in [5, 5.41) is 5.19. The summed E-state index contributed by atoms with van der Waals surface area (Å²) in [6.45, 7) is 0. The molecule has 0 amide bonds. The van der Waals surface area contributed by atoms with Crippen LogP contribution in [0, 0.1) is 0 Å². The zero-order chi connectivity index (χ0) is 36.5. The van der Waals surface area contributed by atoms with Gasteiger partial charge in [-0.1, -0.05) is 0 Å². The molecule has 4 aromatic carbocycles. The monoisotopic (exact) mass is 726 g/mol. The van der Waals surface area contributed by atoms with Crippen molar-refractivity contribution in [2.24, 2.45) is 0 Å². The maximum Gasteiger partial charge on any atom is 0.0737 e. The Balaban J connectivity index is 1.19. The maximum atomic E-state index is 5.56. The Morgan fingerprint density at radius 2 is 0.482 bits per heavy atom. The van der Waals surface area contributed by atoms with Gasteiger partial charge in [-0.25, -0.2) is 9.97 Å². The average molecular weight is 727 g/mol. The summed E-state index contributed by atoms with van der Waals surface area (Å²) >= 11 is 0. The summed E-state index contributed by atoms with van der Waals surface area (Å²) in [5.41, 5.74) is 26.0. The molecule has 4 heteroatoms. The van der Waals surface area contributed by atoms with E-state index in [0.29, 0.717) is 0 Å². The summed E-state index contributed by atoms with van der Waals surface area (Å²) in [4.78, 5) is 19.1. The van der Waals surface area contributed by atoms with Crippen LogP contribution >= 0.6 is 0 Å². The van der Waals surface area contributed by atoms with Crippen LogP contribution in [0.2, 0.25) is 0 Å². The zero-order valence-electron chi connectivity index (χ0n) is 32.1. The normalized spacial score (nSPS) is 16.9. The van der Waals surface area contributed by atoms with Crippen molar-refractivity contribution in [2.45, 2.75) is 103 Å². The van der Waals surface area contributed by atoms with Gasteiger partial charge in [-0.2, -0.15) is 0 Å². The molecule has 5 heterocycles. The highest BCUT2D eigenvalue weighted by Gasteiger charge is 2.25. The van der Waals surface area contributed by atoms with E-state index in [2.05, 4.69) is 82.8 Å². The fourth-order valence-electron chi connectivity index (χ4n) is 11.4. The van der Waals surface area contributed by atoms with Gasteiger partial charge in [-0.15, -0.1) is 0 Å². The minimum absolute atomic E-state index is 1.06. The molecular formula is C52H46N4. The van der Waals surface area contributed by atoms with Crippen molar-refractivity contribution in [1.29, 1.82) is 0 Å². The Labute approximate surface area is 327 Å². The molecule has 56 heavy (non-hydrogen) atoms. The largest absolute Gasteiger partial charge is 0.354 e. The number of hydrogen-bond donors (Lipinski definition) is 2. The van der Waals surface area contributed by atoms with E-state index in [1.807, 2.05) is 0 Å². The number of aromatic amines is 2. The Bertz CT molecular complexity index is 2640. The van der Waals surface area contributed by atoms with Crippen LogP contribution in [-0.4, -0.2) is 19.9 Å². The summed E-state index contributed by atoms with van der Waals surface area (Å²) in [5.74, 6) is 0. The second-order valence-electron chi connectivity index (χ2n) is 17.7. The van der Waals surface area contributed by atoms with Crippen molar-refractivity contribution in [2.75, 3.05) is 0 Å². The van der Waals surface area contributed by atoms with Crippen LogP contribution in [0.3, 0.4) is 0 Å². The predicted octanol–water partition coefficient (Wildman–Crippen LogP) is 12.8. The SMILES string of the molecule is c1c2c(cc3c1-c1cc4[nH]c(cc5nc(cc6[nH]c(cc-3n1)c1cc3c(cc61)CCCC3)-c1cc3c(cc1-5)CCCC3)c1cc3c(cc41)CCCC3)CCCC2. The van der Waals surface area contributed by atoms with Gasteiger partial charge in [0.2, 0.25) is 0 Å². The molecule has 4 nitrogen and oxygen atoms in total. The number of benzene rings is 4. The molecule has 274 valence electrons. The molecule has 7 aromatic rings. The first kappa shape index (κ1) is 31.7. The van der Waals surface area contributed by atoms with Gasteiger partial charge in [-0.05, 0) is 220 Å². The van der Waals surface area contributed by atoms with E-state index < -0.39 is 0 Å². The number of nitrogens with one attached hydrogen (secondary N) is 2. The van der Waals surface area contributed by atoms with E-state index >= 15 is 0 Å². The highest BCUT2D eigenvalue weighted by Crippen LogP contribution is 2.44. The van der Waals surface area contributed by atoms with Crippen molar-refractivity contribution in [1.82, 2.24) is 19.9 Å². The second kappa shape index (κ2) is 12.0. The highest BCUT2D eigenvalue weighted by molar-refractivity contribution is 6.11. The summed E-state index contributed by atoms with van der Waals surface area (Å²) in [6, 6.07) is 29.4. The minimum Gasteiger partial charge on any atom is -0.354 e. The Morgan fingerprint density at radius 1 is 0.268 bits per heavy atom. The quantitative estimate of drug-likeness (QED) is 0.163. The topological polar surface area (TPSA) is 57.4 Å². The van der Waals surface area contributed by atoms with Crippen LogP contribution in [0.1, 0.15) is 95.9 Å². The Morgan fingerprint density at radius 3 is 0.714 bits per heavy atom. The Hall–Kier alpha value is -5.48. The smallest absolute Gasteiger partial charge is 0.0737 e. The number of nitrogens with zero attached hydrogens (tertiary/aromatic N) is 2. The maximum absolute atomic E-state index is 5.56. The van der Waals surface area contributed by atoms with E-state index in [1.165, 1.54) is 140 Å². The second-order valence-corrected chi connectivity index (χ2v) is 17.7. The molecule has 0 saturated heterocycles. The van der Waals surface area contributed by atoms with Crippen LogP contribution in [-0.2, 0) is 51.4 Å². The Kier molecular flexibility index (Phi) is 6.80. The lowest BCUT2D eigenvalue weighted by atomic mass is 9.87. The van der Waals surface area contributed by atoms with E-state index in [0.717, 1.165) is 96.2 Å². The van der Waals surface area contributed by atoms with E-state index in [9.17, 15) is 0 Å². The lowest BCUT2D eigenvalue weighted by molar-refractivity contribution is 0.686. The van der Waals surface area contributed by atoms with Gasteiger partial charge in [0.15, 0.2) is 0 Å². The first-order valence-electron chi connectivity index (χ1n) is 21.7. The number of fused-ring (bicyclic) bond motifs is 24. The molecule has 6 aliphatic rings. The summed E-state index contributed by atoms with van der Waals surface area (Å²) in [7, 11) is 0. The number of rotatable bonds is 0. The third-order valence-corrected chi connectivity index (χ3v) is 14.3. The number of aromatic nitrogens is 4. The van der Waals surface area contributed by atoms with E-state index in [4.69, 9.17) is 9.97 Å². The van der Waals surface area contributed by atoms with Crippen molar-refractivity contribution < 1.29 is 0 Å². The third kappa shape index (κ3) is 4.84. The number of hydrogen-bond acceptors (Lipinski definition) is 2. The van der Waals surface area contributed by atoms with E-state index in [1.54, 1.807) is 0 Å². The van der Waals surface area contributed by atoms with Crippen molar-refractivity contribution in [3.8, 4) is 45.0 Å². The highest BCUT2D eigenvalue weighted by atomic mass is 14.8. The van der Waals surface area contributed by atoms with Gasteiger partial charge < -0.3 is 9.97 Å². The van der Waals surface area contributed by atoms with Crippen LogP contribution in [0.25, 0.3) is 88.6 Å². The molecule has 0 radical (unpaired) electrons. The molecule has 0 spiro atoms. The summed E-state index contributed by atoms with van der Waals surface area (Å²) < 4.78 is 0. The van der Waals surface area contributed by atoms with Crippen LogP contribution in [0.5, 0.6) is 0 Å². The van der Waals surface area contributed by atoms with Crippen LogP contribution in [0.15, 0.2) is 72.8 Å². The van der Waals surface area contributed by atoms with Crippen molar-refractivity contribution in [3.63, 3.8) is 0 Å². The standard InChI is InChI=1S/C52H46N4/c1-2-10-30-18-38-37(17-29(30)9-1)45-25-47-39-19-31-11-3-4-12-32(31)20-40(39)49(54-47)27-51-43-23-35-15-7-8-16-36(35)24-44(43)52(56-51)28-50-42-22-34-14-6-5-13-33(34)21-41(42)48(55-50)26-46(38)53-45/h17-28,53,56H,1-16H2. The van der Waals surface area contributed by atoms with Gasteiger partial charge >= 0.3 is 0 Å². The van der Waals surface area contributed by atoms with Crippen LogP contribution < -0.4 is 0 Å². The molecule has 4 aliphatic carbocycles. The zero-order valence-corrected chi connectivity index (χ0v) is 32.1. The lowest BCUT2D eigenvalue weighted by Gasteiger charge is -2.17. The van der Waals surface area contributed by atoms with Gasteiger partial charge in [0.05, 0.1) is 22.8 Å². The number of H-pyrrole nitrogens is 2. The fourth-order valence-corrected chi connectivity index (χ4v) is 11.4. The van der Waals surface area contributed by atoms with Gasteiger partial charge in [0.25, 0.3) is 0 Å². The fraction of sp³-hybridized carbons (Fsp3) is 0.308. The van der Waals surface area contributed by atoms with Gasteiger partial charge in [-0.3, -0.25) is 0 Å². The first-order valence-corrected chi connectivity index (χ1v) is 21.7. The summed E-state index contributed by atoms with van der Waals surface area (Å²) in [6.07, 6.45) is 19.4. The molecule has 2 N–H and O–H groups in total. The molecular weight excluding hydrogens is 681 g/mol. The first-order chi connectivity index (χ1) is 27.7. The third-order valence-electron chi connectivity index (χ3n) is 14.3. The number of aryl methyl sites for hydroxylation is 8. The van der Waals surface area contributed by atoms with Crippen molar-refractivity contribution >= 4 is 43.6 Å². The van der Waals surface area contributed by atoms with Gasteiger partial charge in [0.1, 0.15) is 0 Å². The minimum atomic E-state index is 1.06. The molecule has 0 fully saturated rings. The molecule has 0 saturated carbocycles. The molecule has 8 bridgehead atoms. The predicted molar refractivity (Wildman–Crippen MR) is 231 cm³/mol. The molecule has 3 aromatic heterocycles. The van der Waals surface area contributed by atoms with E-state index in [-0.39, 0.29) is 0 Å². The van der Waals surface area contributed by atoms with Crippen molar-refractivity contribution in [3.05, 3.63) is 117 Å². The average Bonchev–Trinajstić information content (AvgIpc) is 3.95. The molecule has 0 atom stereocenters. The molecule has 0 unspecified atom stereocenters.